The van der Waals surface area contributed by atoms with Gasteiger partial charge in [-0.05, 0) is 0 Å². The van der Waals surface area contributed by atoms with Crippen LogP contribution < -0.4 is 18.9 Å². The molecule has 0 bridgehead atoms. The Kier molecular flexibility index (Phi) is 4.68. The summed E-state index contributed by atoms with van der Waals surface area (Å²) in [5, 5.41) is 0. The van der Waals surface area contributed by atoms with Crippen LogP contribution in [0.25, 0.3) is 0 Å². The van der Waals surface area contributed by atoms with Crippen molar-refractivity contribution in [3.05, 3.63) is 0 Å². The molecule has 0 aliphatic heterocycles. The maximum Gasteiger partial charge on any atom is 1.00 e. The zero-order chi connectivity index (χ0) is 7.71. The summed E-state index contributed by atoms with van der Waals surface area (Å²) in [6.45, 7) is 0. The first-order valence-electron chi connectivity index (χ1n) is 1.68. The van der Waals surface area contributed by atoms with E-state index in [0.717, 1.165) is 0 Å². The molecule has 0 unspecified atom stereocenters. The van der Waals surface area contributed by atoms with E-state index in [4.69, 9.17) is 0 Å². The van der Waals surface area contributed by atoms with Crippen molar-refractivity contribution in [2.24, 2.45) is 0 Å². The van der Waals surface area contributed by atoms with Gasteiger partial charge in [0, 0.05) is 0 Å². The van der Waals surface area contributed by atoms with Crippen LogP contribution in [-0.4, -0.2) is 21.0 Å². The molecule has 0 aromatic rings. The number of hydrogen-bond donors (Lipinski definition) is 0. The van der Waals surface area contributed by atoms with Gasteiger partial charge in [-0.1, -0.05) is 0 Å². The molecule has 0 saturated carbocycles. The third-order valence-corrected chi connectivity index (χ3v) is 1.51. The van der Waals surface area contributed by atoms with Gasteiger partial charge < -0.3 is 1.43 Å². The molecule has 0 radical (unpaired) electrons. The Labute approximate surface area is 69.3 Å². The van der Waals surface area contributed by atoms with Crippen LogP contribution in [0.2, 0.25) is 0 Å². The molecule has 58 valence electrons. The van der Waals surface area contributed by atoms with Crippen molar-refractivity contribution < 1.29 is 46.1 Å². The molecular weight excluding hydrogens is 168 g/mol. The Morgan fingerprint density at radius 2 is 1.70 bits per heavy atom. The molecule has 0 fully saturated rings. The quantitative estimate of drug-likeness (QED) is 0.251. The number of halogens is 3. The van der Waals surface area contributed by atoms with E-state index >= 15 is 0 Å². The minimum atomic E-state index is -5.34. The van der Waals surface area contributed by atoms with Crippen molar-refractivity contribution >= 4 is 10.1 Å². The van der Waals surface area contributed by atoms with Gasteiger partial charge in [0.15, 0.2) is 0 Å². The molecule has 3 nitrogen and oxygen atoms in total. The predicted molar refractivity (Wildman–Crippen MR) is 23.1 cm³/mol. The average Bonchev–Trinajstić information content (AvgIpc) is 1.64. The van der Waals surface area contributed by atoms with Gasteiger partial charge in [0.2, 0.25) is 0 Å². The van der Waals surface area contributed by atoms with Crippen LogP contribution in [0.15, 0.2) is 0 Å². The fourth-order valence-corrected chi connectivity index (χ4v) is 0.283. The predicted octanol–water partition coefficient (Wildman–Crippen LogP) is -2.40. The van der Waals surface area contributed by atoms with Crippen molar-refractivity contribution in [1.29, 1.82) is 0 Å². The van der Waals surface area contributed by atoms with E-state index in [1.807, 2.05) is 0 Å². The summed E-state index contributed by atoms with van der Waals surface area (Å²) in [6.07, 6.45) is 0. The van der Waals surface area contributed by atoms with Crippen molar-refractivity contribution in [2.75, 3.05) is 7.11 Å². The third-order valence-electron chi connectivity index (χ3n) is 0.503. The molecule has 10 heavy (non-hydrogen) atoms. The largest absolute Gasteiger partial charge is 1.00 e. The summed E-state index contributed by atoms with van der Waals surface area (Å²) in [4.78, 5) is 0. The Morgan fingerprint density at radius 3 is 1.70 bits per heavy atom. The van der Waals surface area contributed by atoms with Crippen LogP contribution in [0.1, 0.15) is 1.43 Å². The summed E-state index contributed by atoms with van der Waals surface area (Å²) >= 11 is 0. The van der Waals surface area contributed by atoms with E-state index < -0.39 is 15.6 Å². The molecular formula is C2H4F3LiO3S. The van der Waals surface area contributed by atoms with E-state index in [9.17, 15) is 21.6 Å². The molecule has 0 aromatic heterocycles. The van der Waals surface area contributed by atoms with Gasteiger partial charge in [-0.3, -0.25) is 4.18 Å². The second kappa shape index (κ2) is 3.62. The first-order chi connectivity index (χ1) is 3.81. The molecule has 0 rings (SSSR count). The normalized spacial score (nSPS) is 12.4. The minimum Gasteiger partial charge on any atom is -1.00 e. The minimum absolute atomic E-state index is 0. The fraction of sp³-hybridized carbons (Fsp3) is 1.00. The maximum absolute atomic E-state index is 11.1. The van der Waals surface area contributed by atoms with E-state index in [1.165, 1.54) is 0 Å². The first-order valence-corrected chi connectivity index (χ1v) is 3.09. The molecule has 0 aliphatic carbocycles. The zero-order valence-corrected chi connectivity index (χ0v) is 6.08. The Bertz CT molecular complexity index is 187. The number of hydrogen-bond acceptors (Lipinski definition) is 3. The van der Waals surface area contributed by atoms with Crippen LogP contribution in [0.3, 0.4) is 0 Å². The fourth-order valence-electron chi connectivity index (χ4n) is 0.0945. The molecule has 0 aromatic carbocycles. The first kappa shape index (κ1) is 12.9. The SMILES string of the molecule is COS(=O)(=O)C(F)(F)F.[H-].[Li+]. The Hall–Kier alpha value is 0.297. The molecule has 0 amide bonds. The van der Waals surface area contributed by atoms with Gasteiger partial charge in [-0.2, -0.15) is 21.6 Å². The summed E-state index contributed by atoms with van der Waals surface area (Å²) in [6, 6.07) is 0. The van der Waals surface area contributed by atoms with Crippen LogP contribution >= 0.6 is 0 Å². The molecule has 0 aliphatic rings. The molecule has 0 spiro atoms. The van der Waals surface area contributed by atoms with E-state index in [0.29, 0.717) is 7.11 Å². The molecule has 0 saturated heterocycles. The summed E-state index contributed by atoms with van der Waals surface area (Å²) in [7, 11) is -4.89. The van der Waals surface area contributed by atoms with Crippen LogP contribution in [0, 0.1) is 0 Å². The van der Waals surface area contributed by atoms with Gasteiger partial charge in [0.25, 0.3) is 0 Å². The van der Waals surface area contributed by atoms with Gasteiger partial charge in [0.05, 0.1) is 7.11 Å². The van der Waals surface area contributed by atoms with Crippen molar-refractivity contribution in [1.82, 2.24) is 0 Å². The van der Waals surface area contributed by atoms with Crippen molar-refractivity contribution in [2.45, 2.75) is 5.51 Å². The van der Waals surface area contributed by atoms with E-state index in [-0.39, 0.29) is 20.3 Å². The van der Waals surface area contributed by atoms with Gasteiger partial charge in [-0.15, -0.1) is 0 Å². The zero-order valence-electron chi connectivity index (χ0n) is 6.27. The van der Waals surface area contributed by atoms with Crippen LogP contribution in [0.5, 0.6) is 0 Å². The third kappa shape index (κ3) is 2.92. The summed E-state index contributed by atoms with van der Waals surface area (Å²) < 4.78 is 55.9. The Morgan fingerprint density at radius 1 is 1.40 bits per heavy atom. The molecule has 0 heterocycles. The van der Waals surface area contributed by atoms with Gasteiger partial charge >= 0.3 is 34.5 Å². The van der Waals surface area contributed by atoms with E-state index in [1.54, 1.807) is 0 Å². The van der Waals surface area contributed by atoms with Crippen molar-refractivity contribution in [3.8, 4) is 0 Å². The molecule has 8 heteroatoms. The second-order valence-corrected chi connectivity index (χ2v) is 2.77. The molecule has 0 N–H and O–H groups in total. The van der Waals surface area contributed by atoms with Crippen LogP contribution in [-0.2, 0) is 14.3 Å². The summed E-state index contributed by atoms with van der Waals surface area (Å²) in [5.74, 6) is 0. The van der Waals surface area contributed by atoms with Crippen LogP contribution in [0.4, 0.5) is 13.2 Å². The van der Waals surface area contributed by atoms with Gasteiger partial charge in [0.1, 0.15) is 0 Å². The maximum atomic E-state index is 11.1. The number of rotatable bonds is 1. The Balaban J connectivity index is -0.000000320. The average molecular weight is 172 g/mol. The van der Waals surface area contributed by atoms with E-state index in [2.05, 4.69) is 4.18 Å². The monoisotopic (exact) mass is 172 g/mol. The number of alkyl halides is 3. The van der Waals surface area contributed by atoms with Gasteiger partial charge in [-0.25, -0.2) is 0 Å². The molecule has 0 atom stereocenters. The standard InChI is InChI=1S/C2H3F3O3S.Li.H/c1-8-9(6,7)2(3,4)5;;/h1H3;;/q;+1;-1. The smallest absolute Gasteiger partial charge is 1.00 e. The van der Waals surface area contributed by atoms with Crippen molar-refractivity contribution in [3.63, 3.8) is 0 Å². The topological polar surface area (TPSA) is 43.4 Å². The second-order valence-electron chi connectivity index (χ2n) is 1.07. The summed E-state index contributed by atoms with van der Waals surface area (Å²) in [5.41, 5.74) is -5.30.